The number of nitrogens with zero attached hydrogens (tertiary/aromatic N) is 7. The smallest absolute Gasteiger partial charge is 0.329 e. The molecule has 1 saturated carbocycles. The third kappa shape index (κ3) is 5.56. The van der Waals surface area contributed by atoms with Crippen molar-refractivity contribution in [3.8, 4) is 17.0 Å². The SMILES string of the molecule is CN(C(=O)n1cnc(-c2ccc(OCc3nnn(Cc4ccccc4)n3)cc2)c1)C1CCCCC1. The summed E-state index contributed by atoms with van der Waals surface area (Å²) in [6.07, 6.45) is 9.16. The third-order valence-electron chi connectivity index (χ3n) is 6.41. The fourth-order valence-electron chi connectivity index (χ4n) is 4.40. The van der Waals surface area contributed by atoms with Gasteiger partial charge in [0.25, 0.3) is 0 Å². The summed E-state index contributed by atoms with van der Waals surface area (Å²) in [5.41, 5.74) is 2.77. The molecule has 0 N–H and O–H groups in total. The molecule has 9 nitrogen and oxygen atoms in total. The van der Waals surface area contributed by atoms with Crippen LogP contribution in [-0.4, -0.2) is 53.8 Å². The molecular formula is C26H29N7O2. The Morgan fingerprint density at radius 3 is 2.60 bits per heavy atom. The van der Waals surface area contributed by atoms with Crippen LogP contribution in [0.2, 0.25) is 0 Å². The first-order chi connectivity index (χ1) is 17.2. The molecule has 4 aromatic rings. The van der Waals surface area contributed by atoms with E-state index in [1.165, 1.54) is 19.3 Å². The fraction of sp³-hybridized carbons (Fsp3) is 0.346. The van der Waals surface area contributed by atoms with Crippen molar-refractivity contribution in [1.29, 1.82) is 0 Å². The van der Waals surface area contributed by atoms with Crippen LogP contribution in [0.15, 0.2) is 67.1 Å². The molecule has 9 heteroatoms. The van der Waals surface area contributed by atoms with Crippen LogP contribution in [0.25, 0.3) is 11.3 Å². The van der Waals surface area contributed by atoms with Gasteiger partial charge >= 0.3 is 6.03 Å². The highest BCUT2D eigenvalue weighted by atomic mass is 16.5. The van der Waals surface area contributed by atoms with E-state index >= 15 is 0 Å². The Morgan fingerprint density at radius 2 is 1.83 bits per heavy atom. The number of carbonyl (C=O) groups is 1. The van der Waals surface area contributed by atoms with Gasteiger partial charge in [-0.05, 0) is 47.9 Å². The molecule has 2 aromatic carbocycles. The highest BCUT2D eigenvalue weighted by Gasteiger charge is 2.23. The lowest BCUT2D eigenvalue weighted by Gasteiger charge is -2.31. The lowest BCUT2D eigenvalue weighted by molar-refractivity contribution is 0.175. The molecule has 0 aliphatic heterocycles. The predicted octanol–water partition coefficient (Wildman–Crippen LogP) is 4.40. The minimum atomic E-state index is -0.0385. The monoisotopic (exact) mass is 471 g/mol. The normalized spacial score (nSPS) is 14.1. The van der Waals surface area contributed by atoms with Crippen molar-refractivity contribution in [3.63, 3.8) is 0 Å². The minimum Gasteiger partial charge on any atom is -0.485 e. The number of aromatic nitrogens is 6. The first-order valence-electron chi connectivity index (χ1n) is 12.0. The summed E-state index contributed by atoms with van der Waals surface area (Å²) in [6.45, 7) is 0.791. The van der Waals surface area contributed by atoms with Gasteiger partial charge in [0.05, 0.1) is 12.2 Å². The first-order valence-corrected chi connectivity index (χ1v) is 12.0. The minimum absolute atomic E-state index is 0.0385. The number of hydrogen-bond donors (Lipinski definition) is 0. The molecule has 1 amide bonds. The maximum absolute atomic E-state index is 12.9. The molecule has 0 spiro atoms. The van der Waals surface area contributed by atoms with Gasteiger partial charge in [0.15, 0.2) is 6.61 Å². The van der Waals surface area contributed by atoms with Crippen LogP contribution in [0.5, 0.6) is 5.75 Å². The molecule has 180 valence electrons. The van der Waals surface area contributed by atoms with Crippen molar-refractivity contribution in [2.24, 2.45) is 0 Å². The fourth-order valence-corrected chi connectivity index (χ4v) is 4.40. The maximum Gasteiger partial charge on any atom is 0.329 e. The Balaban J connectivity index is 1.16. The van der Waals surface area contributed by atoms with Gasteiger partial charge in [-0.15, -0.1) is 10.2 Å². The first kappa shape index (κ1) is 22.8. The van der Waals surface area contributed by atoms with E-state index in [-0.39, 0.29) is 12.6 Å². The van der Waals surface area contributed by atoms with Crippen molar-refractivity contribution in [2.75, 3.05) is 7.05 Å². The van der Waals surface area contributed by atoms with Crippen LogP contribution in [0.1, 0.15) is 43.5 Å². The number of benzene rings is 2. The molecule has 0 unspecified atom stereocenters. The molecule has 0 saturated heterocycles. The maximum atomic E-state index is 12.9. The quantitative estimate of drug-likeness (QED) is 0.397. The molecule has 35 heavy (non-hydrogen) atoms. The van der Waals surface area contributed by atoms with Crippen molar-refractivity contribution < 1.29 is 9.53 Å². The molecule has 0 atom stereocenters. The van der Waals surface area contributed by atoms with Gasteiger partial charge in [-0.2, -0.15) is 4.80 Å². The van der Waals surface area contributed by atoms with Gasteiger partial charge in [-0.1, -0.05) is 49.6 Å². The number of carbonyl (C=O) groups excluding carboxylic acids is 1. The highest BCUT2D eigenvalue weighted by Crippen LogP contribution is 2.24. The molecular weight excluding hydrogens is 442 g/mol. The molecule has 2 heterocycles. The number of hydrogen-bond acceptors (Lipinski definition) is 6. The average molecular weight is 472 g/mol. The van der Waals surface area contributed by atoms with Crippen LogP contribution in [0.4, 0.5) is 4.79 Å². The second-order valence-corrected chi connectivity index (χ2v) is 8.89. The lowest BCUT2D eigenvalue weighted by atomic mass is 9.95. The van der Waals surface area contributed by atoms with E-state index in [4.69, 9.17) is 4.74 Å². The Hall–Kier alpha value is -4.01. The molecule has 1 aliphatic carbocycles. The van der Waals surface area contributed by atoms with Gasteiger partial charge in [-0.3, -0.25) is 4.57 Å². The molecule has 0 radical (unpaired) electrons. The van der Waals surface area contributed by atoms with E-state index in [2.05, 4.69) is 20.4 Å². The highest BCUT2D eigenvalue weighted by molar-refractivity contribution is 5.78. The van der Waals surface area contributed by atoms with Crippen LogP contribution in [0, 0.1) is 0 Å². The standard InChI is InChI=1S/C26H29N7O2/c1-31(22-10-6-3-7-11-22)26(34)32-17-24(27-19-32)21-12-14-23(15-13-21)35-18-25-28-30-33(29-25)16-20-8-4-2-5-9-20/h2,4-5,8-9,12-15,17,19,22H,3,6-7,10-11,16,18H2,1H3. The lowest BCUT2D eigenvalue weighted by Crippen LogP contribution is -2.40. The summed E-state index contributed by atoms with van der Waals surface area (Å²) in [4.78, 5) is 20.7. The zero-order valence-corrected chi connectivity index (χ0v) is 19.8. The molecule has 1 fully saturated rings. The van der Waals surface area contributed by atoms with E-state index in [0.717, 1.165) is 29.7 Å². The molecule has 1 aliphatic rings. The topological polar surface area (TPSA) is 91.0 Å². The summed E-state index contributed by atoms with van der Waals surface area (Å²) in [7, 11) is 1.89. The zero-order chi connectivity index (χ0) is 24.0. The van der Waals surface area contributed by atoms with E-state index in [9.17, 15) is 4.79 Å². The molecule has 0 bridgehead atoms. The Labute approximate surface area is 204 Å². The van der Waals surface area contributed by atoms with Gasteiger partial charge < -0.3 is 9.64 Å². The summed E-state index contributed by atoms with van der Waals surface area (Å²) >= 11 is 0. The number of tetrazole rings is 1. The van der Waals surface area contributed by atoms with Crippen LogP contribution in [0.3, 0.4) is 0 Å². The predicted molar refractivity (Wildman–Crippen MR) is 131 cm³/mol. The van der Waals surface area contributed by atoms with Crippen molar-refractivity contribution in [3.05, 3.63) is 78.5 Å². The zero-order valence-electron chi connectivity index (χ0n) is 19.8. The summed E-state index contributed by atoms with van der Waals surface area (Å²) < 4.78 is 7.39. The molecule has 2 aromatic heterocycles. The van der Waals surface area contributed by atoms with E-state index < -0.39 is 0 Å². The second kappa shape index (κ2) is 10.5. The summed E-state index contributed by atoms with van der Waals surface area (Å²) in [6, 6.07) is 17.9. The number of rotatable bonds is 7. The number of ether oxygens (including phenoxy) is 1. The molecule has 5 rings (SSSR count). The largest absolute Gasteiger partial charge is 0.485 e. The van der Waals surface area contributed by atoms with E-state index in [1.807, 2.05) is 66.5 Å². The van der Waals surface area contributed by atoms with E-state index in [1.54, 1.807) is 21.9 Å². The Bertz CT molecular complexity index is 1240. The summed E-state index contributed by atoms with van der Waals surface area (Å²) in [5, 5.41) is 12.5. The second-order valence-electron chi connectivity index (χ2n) is 8.89. The van der Waals surface area contributed by atoms with Gasteiger partial charge in [0.1, 0.15) is 12.1 Å². The Kier molecular flexibility index (Phi) is 6.83. The van der Waals surface area contributed by atoms with Crippen molar-refractivity contribution in [1.82, 2.24) is 34.7 Å². The Morgan fingerprint density at radius 1 is 1.06 bits per heavy atom. The van der Waals surface area contributed by atoms with Crippen molar-refractivity contribution >= 4 is 6.03 Å². The van der Waals surface area contributed by atoms with Gasteiger partial charge in [-0.25, -0.2) is 9.78 Å². The summed E-state index contributed by atoms with van der Waals surface area (Å²) in [5.74, 6) is 1.21. The number of amides is 1. The van der Waals surface area contributed by atoms with Crippen LogP contribution >= 0.6 is 0 Å². The average Bonchev–Trinajstić information content (AvgIpc) is 3.58. The van der Waals surface area contributed by atoms with Crippen LogP contribution < -0.4 is 4.74 Å². The van der Waals surface area contributed by atoms with Crippen LogP contribution in [-0.2, 0) is 13.2 Å². The van der Waals surface area contributed by atoms with Crippen molar-refractivity contribution in [2.45, 2.75) is 51.3 Å². The number of imidazole rings is 1. The van der Waals surface area contributed by atoms with E-state index in [0.29, 0.717) is 24.2 Å². The van der Waals surface area contributed by atoms with Gasteiger partial charge in [0, 0.05) is 24.8 Å². The van der Waals surface area contributed by atoms with Gasteiger partial charge in [0.2, 0.25) is 5.82 Å². The third-order valence-corrected chi connectivity index (χ3v) is 6.41.